The van der Waals surface area contributed by atoms with Crippen molar-refractivity contribution >= 4 is 5.78 Å². The Balaban J connectivity index is 1.88. The molecular formula is C15H18FNO. The first kappa shape index (κ1) is 11.8. The molecule has 0 saturated carbocycles. The number of nitrogens with zero attached hydrogens (tertiary/aromatic N) is 1. The molecular weight excluding hydrogens is 229 g/mol. The third kappa shape index (κ3) is 1.97. The minimum Gasteiger partial charge on any atom is -0.306 e. The minimum atomic E-state index is -0.221. The quantitative estimate of drug-likeness (QED) is 0.760. The molecule has 1 aromatic carbocycles. The van der Waals surface area contributed by atoms with Gasteiger partial charge in [-0.15, -0.1) is 0 Å². The van der Waals surface area contributed by atoms with Gasteiger partial charge < -0.3 is 4.90 Å². The number of carbonyl (C=O) groups excluding carboxylic acids is 1. The number of ketones is 1. The summed E-state index contributed by atoms with van der Waals surface area (Å²) in [4.78, 5) is 14.3. The van der Waals surface area contributed by atoms with E-state index in [9.17, 15) is 9.18 Å². The van der Waals surface area contributed by atoms with Crippen molar-refractivity contribution in [3.8, 4) is 0 Å². The lowest BCUT2D eigenvalue weighted by molar-refractivity contribution is 0.0974. The summed E-state index contributed by atoms with van der Waals surface area (Å²) in [6.07, 6.45) is 2.81. The third-order valence-corrected chi connectivity index (χ3v) is 4.45. The smallest absolute Gasteiger partial charge is 0.163 e. The first-order valence-corrected chi connectivity index (χ1v) is 6.66. The summed E-state index contributed by atoms with van der Waals surface area (Å²) in [6, 6.07) is 4.62. The van der Waals surface area contributed by atoms with Crippen molar-refractivity contribution in [2.24, 2.45) is 5.92 Å². The topological polar surface area (TPSA) is 20.3 Å². The van der Waals surface area contributed by atoms with Crippen molar-refractivity contribution in [2.75, 3.05) is 20.1 Å². The molecule has 0 spiro atoms. The van der Waals surface area contributed by atoms with E-state index in [1.807, 2.05) is 0 Å². The maximum atomic E-state index is 13.4. The molecule has 2 aliphatic rings. The fourth-order valence-electron chi connectivity index (χ4n) is 3.37. The lowest BCUT2D eigenvalue weighted by Crippen LogP contribution is -2.32. The molecule has 3 rings (SSSR count). The van der Waals surface area contributed by atoms with Gasteiger partial charge in [0.05, 0.1) is 0 Å². The van der Waals surface area contributed by atoms with Crippen LogP contribution < -0.4 is 0 Å². The molecule has 3 heteroatoms. The number of halogens is 1. The minimum absolute atomic E-state index is 0.189. The summed E-state index contributed by atoms with van der Waals surface area (Å²) in [7, 11) is 2.13. The SMILES string of the molecule is CN1CCC(C2CC(=O)c3ccc(F)cc32)CC1. The fourth-order valence-corrected chi connectivity index (χ4v) is 3.37. The average Bonchev–Trinajstić information content (AvgIpc) is 2.67. The number of carbonyl (C=O) groups is 1. The molecule has 0 radical (unpaired) electrons. The second kappa shape index (κ2) is 4.47. The summed E-state index contributed by atoms with van der Waals surface area (Å²) < 4.78 is 13.4. The second-order valence-electron chi connectivity index (χ2n) is 5.61. The Hall–Kier alpha value is -1.22. The van der Waals surface area contributed by atoms with Crippen LogP contribution >= 0.6 is 0 Å². The van der Waals surface area contributed by atoms with E-state index >= 15 is 0 Å². The van der Waals surface area contributed by atoms with Gasteiger partial charge in [-0.3, -0.25) is 4.79 Å². The molecule has 0 aromatic heterocycles. The standard InChI is InChI=1S/C15H18FNO/c1-17-6-4-10(5-7-17)13-9-15(18)12-3-2-11(16)8-14(12)13/h2-3,8,10,13H,4-7,9H2,1H3. The Bertz CT molecular complexity index is 477. The van der Waals surface area contributed by atoms with Crippen LogP contribution in [0.5, 0.6) is 0 Å². The van der Waals surface area contributed by atoms with Crippen LogP contribution in [0.3, 0.4) is 0 Å². The summed E-state index contributed by atoms with van der Waals surface area (Å²) in [5.74, 6) is 0.750. The van der Waals surface area contributed by atoms with Gasteiger partial charge in [-0.1, -0.05) is 0 Å². The zero-order valence-electron chi connectivity index (χ0n) is 10.7. The Morgan fingerprint density at radius 1 is 1.28 bits per heavy atom. The third-order valence-electron chi connectivity index (χ3n) is 4.45. The van der Waals surface area contributed by atoms with Crippen molar-refractivity contribution in [3.05, 3.63) is 35.1 Å². The molecule has 18 heavy (non-hydrogen) atoms. The molecule has 0 N–H and O–H groups in total. The van der Waals surface area contributed by atoms with Crippen LogP contribution in [-0.2, 0) is 0 Å². The van der Waals surface area contributed by atoms with E-state index in [0.29, 0.717) is 12.3 Å². The molecule has 0 amide bonds. The van der Waals surface area contributed by atoms with Gasteiger partial charge in [-0.25, -0.2) is 4.39 Å². The first-order valence-electron chi connectivity index (χ1n) is 6.66. The van der Waals surface area contributed by atoms with Gasteiger partial charge in [0.25, 0.3) is 0 Å². The van der Waals surface area contributed by atoms with Gasteiger partial charge >= 0.3 is 0 Å². The normalized spacial score (nSPS) is 25.4. The van der Waals surface area contributed by atoms with Gasteiger partial charge in [0.2, 0.25) is 0 Å². The van der Waals surface area contributed by atoms with Crippen LogP contribution in [0.1, 0.15) is 41.1 Å². The van der Waals surface area contributed by atoms with E-state index < -0.39 is 0 Å². The second-order valence-corrected chi connectivity index (χ2v) is 5.61. The molecule has 1 saturated heterocycles. The highest BCUT2D eigenvalue weighted by Gasteiger charge is 2.35. The van der Waals surface area contributed by atoms with Crippen LogP contribution in [0.4, 0.5) is 4.39 Å². The van der Waals surface area contributed by atoms with Crippen LogP contribution in [0.2, 0.25) is 0 Å². The molecule has 0 bridgehead atoms. The van der Waals surface area contributed by atoms with Gasteiger partial charge in [0.15, 0.2) is 5.78 Å². The Labute approximate surface area is 107 Å². The highest BCUT2D eigenvalue weighted by Crippen LogP contribution is 2.42. The lowest BCUT2D eigenvalue weighted by Gasteiger charge is -2.32. The Morgan fingerprint density at radius 2 is 2.00 bits per heavy atom. The average molecular weight is 247 g/mol. The predicted octanol–water partition coefficient (Wildman–Crippen LogP) is 2.84. The van der Waals surface area contributed by atoms with Crippen molar-refractivity contribution in [1.82, 2.24) is 4.90 Å². The lowest BCUT2D eigenvalue weighted by atomic mass is 9.81. The Morgan fingerprint density at radius 3 is 2.72 bits per heavy atom. The molecule has 1 aliphatic heterocycles. The summed E-state index contributed by atoms with van der Waals surface area (Å²) in [6.45, 7) is 2.17. The van der Waals surface area contributed by atoms with E-state index in [1.54, 1.807) is 12.1 Å². The number of hydrogen-bond acceptors (Lipinski definition) is 2. The predicted molar refractivity (Wildman–Crippen MR) is 68.3 cm³/mol. The van der Waals surface area contributed by atoms with Gasteiger partial charge in [-0.2, -0.15) is 0 Å². The molecule has 1 unspecified atom stereocenters. The van der Waals surface area contributed by atoms with E-state index in [0.717, 1.165) is 37.1 Å². The number of rotatable bonds is 1. The van der Waals surface area contributed by atoms with Crippen LogP contribution in [0.15, 0.2) is 18.2 Å². The summed E-state index contributed by atoms with van der Waals surface area (Å²) in [5.41, 5.74) is 1.70. The van der Waals surface area contributed by atoms with Crippen molar-refractivity contribution in [2.45, 2.75) is 25.2 Å². The van der Waals surface area contributed by atoms with E-state index in [4.69, 9.17) is 0 Å². The van der Waals surface area contributed by atoms with Gasteiger partial charge in [-0.05, 0) is 68.6 Å². The zero-order chi connectivity index (χ0) is 12.7. The van der Waals surface area contributed by atoms with Crippen LogP contribution in [-0.4, -0.2) is 30.8 Å². The Kier molecular flexibility index (Phi) is 2.94. The molecule has 1 aromatic rings. The molecule has 2 nitrogen and oxygen atoms in total. The first-order chi connectivity index (χ1) is 8.65. The molecule has 1 fully saturated rings. The van der Waals surface area contributed by atoms with E-state index in [-0.39, 0.29) is 17.5 Å². The number of Topliss-reactive ketones (excluding diaryl/α,β-unsaturated/α-hetero) is 1. The number of hydrogen-bond donors (Lipinski definition) is 0. The van der Waals surface area contributed by atoms with Gasteiger partial charge in [0, 0.05) is 12.0 Å². The molecule has 96 valence electrons. The molecule has 1 aliphatic carbocycles. The van der Waals surface area contributed by atoms with Gasteiger partial charge in [0.1, 0.15) is 5.82 Å². The summed E-state index contributed by atoms with van der Waals surface area (Å²) >= 11 is 0. The van der Waals surface area contributed by atoms with Crippen LogP contribution in [0, 0.1) is 11.7 Å². The largest absolute Gasteiger partial charge is 0.306 e. The van der Waals surface area contributed by atoms with Crippen LogP contribution in [0.25, 0.3) is 0 Å². The highest BCUT2D eigenvalue weighted by molar-refractivity contribution is 6.01. The number of likely N-dealkylation sites (tertiary alicyclic amines) is 1. The van der Waals surface area contributed by atoms with Crippen molar-refractivity contribution in [1.29, 1.82) is 0 Å². The highest BCUT2D eigenvalue weighted by atomic mass is 19.1. The number of piperidine rings is 1. The monoisotopic (exact) mass is 247 g/mol. The van der Waals surface area contributed by atoms with Crippen molar-refractivity contribution in [3.63, 3.8) is 0 Å². The van der Waals surface area contributed by atoms with Crippen molar-refractivity contribution < 1.29 is 9.18 Å². The fraction of sp³-hybridized carbons (Fsp3) is 0.533. The number of benzene rings is 1. The maximum Gasteiger partial charge on any atom is 0.163 e. The summed E-state index contributed by atoms with van der Waals surface area (Å²) in [5, 5.41) is 0. The molecule has 1 atom stereocenters. The maximum absolute atomic E-state index is 13.4. The number of fused-ring (bicyclic) bond motifs is 1. The molecule has 1 heterocycles. The van der Waals surface area contributed by atoms with E-state index in [1.165, 1.54) is 6.07 Å². The van der Waals surface area contributed by atoms with E-state index in [2.05, 4.69) is 11.9 Å². The zero-order valence-corrected chi connectivity index (χ0v) is 10.7.